The number of nitrogens with zero attached hydrogens (tertiary/aromatic N) is 2. The molecule has 7 heteroatoms. The second-order valence-corrected chi connectivity index (χ2v) is 8.62. The number of hydrogen-bond donors (Lipinski definition) is 0. The smallest absolute Gasteiger partial charge is 0.320 e. The van der Waals surface area contributed by atoms with Crippen LogP contribution < -0.4 is 23.7 Å². The summed E-state index contributed by atoms with van der Waals surface area (Å²) in [5.74, 6) is 2.22. The molecule has 2 aromatic rings. The molecule has 0 bridgehead atoms. The van der Waals surface area contributed by atoms with Gasteiger partial charge in [0.25, 0.3) is 0 Å². The monoisotopic (exact) mass is 404 g/mol. The largest absolute Gasteiger partial charge is 0.493 e. The molecule has 0 saturated heterocycles. The Morgan fingerprint density at radius 3 is 1.79 bits per heavy atom. The van der Waals surface area contributed by atoms with E-state index in [-0.39, 0.29) is 6.01 Å². The lowest BCUT2D eigenvalue weighted by Gasteiger charge is -2.24. The highest BCUT2D eigenvalue weighted by Crippen LogP contribution is 2.39. The van der Waals surface area contributed by atoms with Crippen molar-refractivity contribution in [1.82, 2.24) is 9.97 Å². The first kappa shape index (κ1) is 22.6. The number of aromatic nitrogens is 2. The minimum atomic E-state index is -0.419. The van der Waals surface area contributed by atoms with E-state index in [9.17, 15) is 0 Å². The van der Waals surface area contributed by atoms with Gasteiger partial charge in [0.2, 0.25) is 11.6 Å². The van der Waals surface area contributed by atoms with Crippen LogP contribution in [-0.2, 0) is 6.42 Å². The quantitative estimate of drug-likeness (QED) is 0.675. The van der Waals surface area contributed by atoms with Gasteiger partial charge in [0, 0.05) is 18.2 Å². The summed E-state index contributed by atoms with van der Waals surface area (Å²) in [7, 11) is 4.77. The fourth-order valence-corrected chi connectivity index (χ4v) is 2.66. The molecule has 1 heterocycles. The van der Waals surface area contributed by atoms with Crippen molar-refractivity contribution in [3.05, 3.63) is 29.5 Å². The van der Waals surface area contributed by atoms with Crippen molar-refractivity contribution in [3.63, 3.8) is 0 Å². The Kier molecular flexibility index (Phi) is 6.82. The van der Waals surface area contributed by atoms with Gasteiger partial charge in [-0.1, -0.05) is 0 Å². The van der Waals surface area contributed by atoms with Gasteiger partial charge in [-0.15, -0.1) is 0 Å². The molecule has 0 amide bonds. The lowest BCUT2D eigenvalue weighted by atomic mass is 10.1. The summed E-state index contributed by atoms with van der Waals surface area (Å²) in [6.07, 6.45) is 2.26. The third-order valence-electron chi connectivity index (χ3n) is 3.72. The molecule has 0 aliphatic heterocycles. The topological polar surface area (TPSA) is 71.9 Å². The second kappa shape index (κ2) is 8.76. The van der Waals surface area contributed by atoms with Crippen LogP contribution in [0.15, 0.2) is 18.3 Å². The Hall–Kier alpha value is -2.70. The zero-order valence-electron chi connectivity index (χ0n) is 18.9. The predicted octanol–water partition coefficient (Wildman–Crippen LogP) is 4.45. The van der Waals surface area contributed by atoms with Crippen molar-refractivity contribution in [2.45, 2.75) is 59.2 Å². The number of ether oxygens (including phenoxy) is 5. The molecule has 0 fully saturated rings. The average molecular weight is 405 g/mol. The van der Waals surface area contributed by atoms with Crippen LogP contribution in [-0.4, -0.2) is 42.5 Å². The Morgan fingerprint density at radius 1 is 0.793 bits per heavy atom. The van der Waals surface area contributed by atoms with Gasteiger partial charge in [0.15, 0.2) is 11.5 Å². The molecule has 0 aliphatic rings. The Balaban J connectivity index is 2.45. The van der Waals surface area contributed by atoms with E-state index in [4.69, 9.17) is 23.7 Å². The highest BCUT2D eigenvalue weighted by molar-refractivity contribution is 5.54. The van der Waals surface area contributed by atoms with Crippen LogP contribution in [0.1, 0.15) is 52.7 Å². The maximum Gasteiger partial charge on any atom is 0.320 e. The van der Waals surface area contributed by atoms with Crippen LogP contribution in [0.4, 0.5) is 0 Å². The summed E-state index contributed by atoms with van der Waals surface area (Å²) in [6, 6.07) is 4.09. The fraction of sp³-hybridized carbons (Fsp3) is 0.545. The van der Waals surface area contributed by atoms with Crippen molar-refractivity contribution in [1.29, 1.82) is 0 Å². The van der Waals surface area contributed by atoms with E-state index in [2.05, 4.69) is 9.97 Å². The summed E-state index contributed by atoms with van der Waals surface area (Å²) < 4.78 is 28.2. The van der Waals surface area contributed by atoms with Crippen LogP contribution in [0.5, 0.6) is 29.1 Å². The van der Waals surface area contributed by atoms with E-state index in [1.807, 2.05) is 53.7 Å². The number of methoxy groups -OCH3 is 3. The number of benzene rings is 1. The summed E-state index contributed by atoms with van der Waals surface area (Å²) >= 11 is 0. The summed E-state index contributed by atoms with van der Waals surface area (Å²) in [4.78, 5) is 8.88. The lowest BCUT2D eigenvalue weighted by Crippen LogP contribution is -2.26. The summed E-state index contributed by atoms with van der Waals surface area (Å²) in [5, 5.41) is 0. The summed E-state index contributed by atoms with van der Waals surface area (Å²) in [6.45, 7) is 11.8. The molecule has 0 spiro atoms. The molecule has 7 nitrogen and oxygen atoms in total. The minimum absolute atomic E-state index is 0.283. The van der Waals surface area contributed by atoms with E-state index in [1.165, 1.54) is 0 Å². The maximum absolute atomic E-state index is 6.10. The predicted molar refractivity (Wildman–Crippen MR) is 112 cm³/mol. The number of rotatable bonds is 7. The minimum Gasteiger partial charge on any atom is -0.493 e. The van der Waals surface area contributed by atoms with Crippen molar-refractivity contribution in [3.8, 4) is 29.1 Å². The molecule has 2 rings (SSSR count). The van der Waals surface area contributed by atoms with E-state index in [0.29, 0.717) is 29.5 Å². The molecular weight excluding hydrogens is 372 g/mol. The van der Waals surface area contributed by atoms with E-state index < -0.39 is 11.2 Å². The molecule has 160 valence electrons. The first-order chi connectivity index (χ1) is 13.5. The second-order valence-electron chi connectivity index (χ2n) is 8.62. The Bertz CT molecular complexity index is 813. The molecule has 0 aliphatic carbocycles. The zero-order valence-corrected chi connectivity index (χ0v) is 18.9. The van der Waals surface area contributed by atoms with Crippen LogP contribution in [0, 0.1) is 0 Å². The van der Waals surface area contributed by atoms with E-state index in [0.717, 1.165) is 11.1 Å². The summed E-state index contributed by atoms with van der Waals surface area (Å²) in [5.41, 5.74) is 0.955. The van der Waals surface area contributed by atoms with E-state index in [1.54, 1.807) is 27.5 Å². The van der Waals surface area contributed by atoms with Gasteiger partial charge in [0.1, 0.15) is 11.2 Å². The van der Waals surface area contributed by atoms with Gasteiger partial charge in [-0.25, -0.2) is 4.98 Å². The van der Waals surface area contributed by atoms with Gasteiger partial charge in [0.05, 0.1) is 21.3 Å². The SMILES string of the molecule is COc1cc(Cc2cnc(OC(C)(C)C)nc2OC(C)(C)C)cc(OC)c1OC. The first-order valence-electron chi connectivity index (χ1n) is 9.48. The van der Waals surface area contributed by atoms with Crippen molar-refractivity contribution < 1.29 is 23.7 Å². The molecule has 1 aromatic carbocycles. The Labute approximate surface area is 173 Å². The van der Waals surface area contributed by atoms with Crippen molar-refractivity contribution in [2.24, 2.45) is 0 Å². The van der Waals surface area contributed by atoms with Crippen molar-refractivity contribution in [2.75, 3.05) is 21.3 Å². The van der Waals surface area contributed by atoms with Gasteiger partial charge < -0.3 is 23.7 Å². The van der Waals surface area contributed by atoms with E-state index >= 15 is 0 Å². The molecule has 0 unspecified atom stereocenters. The molecule has 29 heavy (non-hydrogen) atoms. The van der Waals surface area contributed by atoms with Gasteiger partial charge in [-0.3, -0.25) is 0 Å². The highest BCUT2D eigenvalue weighted by atomic mass is 16.5. The molecule has 0 atom stereocenters. The average Bonchev–Trinajstić information content (AvgIpc) is 2.60. The fourth-order valence-electron chi connectivity index (χ4n) is 2.66. The normalized spacial score (nSPS) is 11.8. The maximum atomic E-state index is 6.10. The van der Waals surface area contributed by atoms with Crippen LogP contribution >= 0.6 is 0 Å². The van der Waals surface area contributed by atoms with Gasteiger partial charge >= 0.3 is 6.01 Å². The van der Waals surface area contributed by atoms with Gasteiger partial charge in [-0.2, -0.15) is 4.98 Å². The number of hydrogen-bond acceptors (Lipinski definition) is 7. The molecular formula is C22H32N2O5. The standard InChI is InChI=1S/C22H32N2O5/c1-21(2,3)28-19-15(13-23-20(24-19)29-22(4,5)6)10-14-11-16(25-7)18(27-9)17(12-14)26-8/h11-13H,10H2,1-9H3. The van der Waals surface area contributed by atoms with Crippen LogP contribution in [0.25, 0.3) is 0 Å². The zero-order chi connectivity index (χ0) is 21.8. The van der Waals surface area contributed by atoms with Crippen LogP contribution in [0.3, 0.4) is 0 Å². The van der Waals surface area contributed by atoms with Gasteiger partial charge in [-0.05, 0) is 59.2 Å². The third-order valence-corrected chi connectivity index (χ3v) is 3.72. The van der Waals surface area contributed by atoms with Crippen molar-refractivity contribution >= 4 is 0 Å². The Morgan fingerprint density at radius 2 is 1.34 bits per heavy atom. The molecule has 0 saturated carbocycles. The van der Waals surface area contributed by atoms with Crippen LogP contribution in [0.2, 0.25) is 0 Å². The lowest BCUT2D eigenvalue weighted by molar-refractivity contribution is 0.102. The third kappa shape index (κ3) is 6.41. The molecule has 0 radical (unpaired) electrons. The highest BCUT2D eigenvalue weighted by Gasteiger charge is 2.21. The molecule has 0 N–H and O–H groups in total. The molecule has 1 aromatic heterocycles. The first-order valence-corrected chi connectivity index (χ1v) is 9.48.